The first-order chi connectivity index (χ1) is 9.15. The van der Waals surface area contributed by atoms with Crippen LogP contribution in [0.3, 0.4) is 0 Å². The Morgan fingerprint density at radius 3 is 2.42 bits per heavy atom. The van der Waals surface area contributed by atoms with Gasteiger partial charge in [-0.05, 0) is 30.4 Å². The summed E-state index contributed by atoms with van der Waals surface area (Å²) in [6.45, 7) is 4.51. The van der Waals surface area contributed by atoms with Crippen molar-refractivity contribution in [2.24, 2.45) is 0 Å². The van der Waals surface area contributed by atoms with Gasteiger partial charge in [-0.25, -0.2) is 0 Å². The van der Waals surface area contributed by atoms with Gasteiger partial charge < -0.3 is 10.4 Å². The number of benzene rings is 1. The van der Waals surface area contributed by atoms with Gasteiger partial charge >= 0.3 is 0 Å². The molecule has 0 fully saturated rings. The highest BCUT2D eigenvalue weighted by atomic mass is 16.3. The molecule has 2 N–H and O–H groups in total. The molecule has 1 unspecified atom stereocenters. The molecule has 0 aliphatic carbocycles. The molecule has 0 aromatic heterocycles. The largest absolute Gasteiger partial charge is 0.391 e. The molecule has 3 nitrogen and oxygen atoms in total. The molecule has 1 aromatic carbocycles. The summed E-state index contributed by atoms with van der Waals surface area (Å²) >= 11 is 0. The zero-order valence-corrected chi connectivity index (χ0v) is 12.0. The second-order valence-corrected chi connectivity index (χ2v) is 4.92. The summed E-state index contributed by atoms with van der Waals surface area (Å²) in [5.41, 5.74) is 2.50. The number of hydrogen-bond acceptors (Lipinski definition) is 2. The molecular weight excluding hydrogens is 238 g/mol. The van der Waals surface area contributed by atoms with E-state index in [0.717, 1.165) is 25.7 Å². The maximum Gasteiger partial charge on any atom is 0.220 e. The number of carbonyl (C=O) groups excluding carboxylic acids is 1. The fourth-order valence-electron chi connectivity index (χ4n) is 1.95. The quantitative estimate of drug-likeness (QED) is 0.757. The first kappa shape index (κ1) is 15.7. The van der Waals surface area contributed by atoms with Crippen LogP contribution < -0.4 is 5.32 Å². The van der Waals surface area contributed by atoms with Crippen molar-refractivity contribution in [3.63, 3.8) is 0 Å². The lowest BCUT2D eigenvalue weighted by molar-refractivity contribution is -0.121. The number of aliphatic hydroxyl groups is 1. The highest BCUT2D eigenvalue weighted by molar-refractivity contribution is 5.76. The summed E-state index contributed by atoms with van der Waals surface area (Å²) in [6.07, 6.45) is 3.51. The van der Waals surface area contributed by atoms with E-state index >= 15 is 0 Å². The second kappa shape index (κ2) is 8.70. The number of amides is 1. The molecule has 0 bridgehead atoms. The second-order valence-electron chi connectivity index (χ2n) is 4.92. The number of nitrogens with one attached hydrogen (secondary N) is 1. The van der Waals surface area contributed by atoms with Gasteiger partial charge in [-0.1, -0.05) is 44.5 Å². The lowest BCUT2D eigenvalue weighted by Crippen LogP contribution is -2.32. The highest BCUT2D eigenvalue weighted by Gasteiger charge is 2.06. The molecule has 0 aliphatic heterocycles. The van der Waals surface area contributed by atoms with Crippen molar-refractivity contribution in [1.29, 1.82) is 0 Å². The summed E-state index contributed by atoms with van der Waals surface area (Å²) in [5.74, 6) is 0.00900. The van der Waals surface area contributed by atoms with E-state index in [1.54, 1.807) is 0 Å². The normalized spacial score (nSPS) is 12.2. The van der Waals surface area contributed by atoms with Gasteiger partial charge in [-0.2, -0.15) is 0 Å². The van der Waals surface area contributed by atoms with Gasteiger partial charge in [-0.15, -0.1) is 0 Å². The average molecular weight is 263 g/mol. The van der Waals surface area contributed by atoms with Gasteiger partial charge in [0, 0.05) is 13.0 Å². The molecule has 3 heteroatoms. The number of carbonyl (C=O) groups is 1. The summed E-state index contributed by atoms with van der Waals surface area (Å²) in [7, 11) is 0. The first-order valence-corrected chi connectivity index (χ1v) is 7.18. The fraction of sp³-hybridized carbons (Fsp3) is 0.562. The molecule has 0 spiro atoms. The predicted molar refractivity (Wildman–Crippen MR) is 78.1 cm³/mol. The number of hydrogen-bond donors (Lipinski definition) is 2. The molecule has 0 heterocycles. The fourth-order valence-corrected chi connectivity index (χ4v) is 1.95. The molecule has 1 aromatic rings. The van der Waals surface area contributed by atoms with Crippen molar-refractivity contribution >= 4 is 5.91 Å². The third kappa shape index (κ3) is 6.39. The number of rotatable bonds is 8. The minimum atomic E-state index is -0.419. The molecule has 1 atom stereocenters. The van der Waals surface area contributed by atoms with Crippen LogP contribution in [0.15, 0.2) is 24.3 Å². The standard InChI is InChI=1S/C16H25NO2/c1-3-5-15(18)12-17-16(19)11-10-14-8-6-13(4-2)7-9-14/h6-9,15,18H,3-5,10-12H2,1-2H3,(H,17,19). The summed E-state index contributed by atoms with van der Waals surface area (Å²) in [5, 5.41) is 12.3. The van der Waals surface area contributed by atoms with E-state index in [2.05, 4.69) is 36.5 Å². The van der Waals surface area contributed by atoms with E-state index in [0.29, 0.717) is 13.0 Å². The van der Waals surface area contributed by atoms with Crippen LogP contribution in [0.4, 0.5) is 0 Å². The average Bonchev–Trinajstić information content (AvgIpc) is 2.44. The predicted octanol–water partition coefficient (Wildman–Crippen LogP) is 2.46. The van der Waals surface area contributed by atoms with Gasteiger partial charge in [0.05, 0.1) is 6.10 Å². The van der Waals surface area contributed by atoms with E-state index in [1.807, 2.05) is 6.92 Å². The van der Waals surface area contributed by atoms with Crippen molar-refractivity contribution in [2.45, 2.75) is 52.1 Å². The Bertz CT molecular complexity index is 373. The van der Waals surface area contributed by atoms with Gasteiger partial charge in [-0.3, -0.25) is 4.79 Å². The minimum Gasteiger partial charge on any atom is -0.391 e. The molecule has 1 amide bonds. The van der Waals surface area contributed by atoms with Crippen LogP contribution in [-0.2, 0) is 17.6 Å². The molecule has 0 saturated heterocycles. The van der Waals surface area contributed by atoms with Crippen LogP contribution in [0, 0.1) is 0 Å². The van der Waals surface area contributed by atoms with E-state index in [4.69, 9.17) is 0 Å². The molecule has 0 aliphatic rings. The third-order valence-electron chi connectivity index (χ3n) is 3.23. The van der Waals surface area contributed by atoms with Crippen molar-refractivity contribution in [3.05, 3.63) is 35.4 Å². The lowest BCUT2D eigenvalue weighted by Gasteiger charge is -2.10. The highest BCUT2D eigenvalue weighted by Crippen LogP contribution is 2.07. The maximum atomic E-state index is 11.6. The van der Waals surface area contributed by atoms with Gasteiger partial charge in [0.15, 0.2) is 0 Å². The van der Waals surface area contributed by atoms with E-state index < -0.39 is 6.10 Å². The Morgan fingerprint density at radius 1 is 1.21 bits per heavy atom. The van der Waals surface area contributed by atoms with Crippen LogP contribution in [0.2, 0.25) is 0 Å². The Hall–Kier alpha value is -1.35. The number of aliphatic hydroxyl groups excluding tert-OH is 1. The zero-order valence-electron chi connectivity index (χ0n) is 12.0. The number of aryl methyl sites for hydroxylation is 2. The topological polar surface area (TPSA) is 49.3 Å². The smallest absolute Gasteiger partial charge is 0.220 e. The summed E-state index contributed by atoms with van der Waals surface area (Å²) in [4.78, 5) is 11.6. The van der Waals surface area contributed by atoms with Crippen LogP contribution in [0.5, 0.6) is 0 Å². The molecule has 106 valence electrons. The molecule has 19 heavy (non-hydrogen) atoms. The van der Waals surface area contributed by atoms with Gasteiger partial charge in [0.1, 0.15) is 0 Å². The van der Waals surface area contributed by atoms with Crippen LogP contribution >= 0.6 is 0 Å². The first-order valence-electron chi connectivity index (χ1n) is 7.18. The Labute approximate surface area is 116 Å². The summed E-state index contributed by atoms with van der Waals surface area (Å²) < 4.78 is 0. The van der Waals surface area contributed by atoms with Crippen LogP contribution in [0.1, 0.15) is 44.2 Å². The monoisotopic (exact) mass is 263 g/mol. The zero-order chi connectivity index (χ0) is 14.1. The van der Waals surface area contributed by atoms with Crippen molar-refractivity contribution in [3.8, 4) is 0 Å². The molecular formula is C16H25NO2. The molecule has 0 radical (unpaired) electrons. The minimum absolute atomic E-state index is 0.00900. The van der Waals surface area contributed by atoms with E-state index in [1.165, 1.54) is 11.1 Å². The molecule has 1 rings (SSSR count). The SMILES string of the molecule is CCCC(O)CNC(=O)CCc1ccc(CC)cc1. The van der Waals surface area contributed by atoms with Crippen molar-refractivity contribution in [2.75, 3.05) is 6.54 Å². The van der Waals surface area contributed by atoms with Crippen LogP contribution in [0.25, 0.3) is 0 Å². The van der Waals surface area contributed by atoms with Crippen molar-refractivity contribution < 1.29 is 9.90 Å². The van der Waals surface area contributed by atoms with Gasteiger partial charge in [0.25, 0.3) is 0 Å². The van der Waals surface area contributed by atoms with E-state index in [-0.39, 0.29) is 5.91 Å². The van der Waals surface area contributed by atoms with Gasteiger partial charge in [0.2, 0.25) is 5.91 Å². The Balaban J connectivity index is 2.25. The van der Waals surface area contributed by atoms with Crippen molar-refractivity contribution in [1.82, 2.24) is 5.32 Å². The van der Waals surface area contributed by atoms with E-state index in [9.17, 15) is 9.90 Å². The molecule has 0 saturated carbocycles. The van der Waals surface area contributed by atoms with Crippen LogP contribution in [-0.4, -0.2) is 23.7 Å². The third-order valence-corrected chi connectivity index (χ3v) is 3.23. The lowest BCUT2D eigenvalue weighted by atomic mass is 10.1. The Kier molecular flexibility index (Phi) is 7.19. The summed E-state index contributed by atoms with van der Waals surface area (Å²) in [6, 6.07) is 8.38. The maximum absolute atomic E-state index is 11.6. The Morgan fingerprint density at radius 2 is 1.84 bits per heavy atom.